The molecule has 3 aromatic carbocycles. The monoisotopic (exact) mass is 920 g/mol. The largest absolute Gasteiger partial charge is 0.417 e. The Bertz CT molecular complexity index is 2790. The Hall–Kier alpha value is -5.84. The number of carbonyl (C=O) groups is 3. The molecule has 5 aliphatic heterocycles. The predicted molar refractivity (Wildman–Crippen MR) is 243 cm³/mol. The lowest BCUT2D eigenvalue weighted by Crippen LogP contribution is -2.60. The summed E-state index contributed by atoms with van der Waals surface area (Å²) < 4.78 is 64.1. The number of amides is 3. The summed E-state index contributed by atoms with van der Waals surface area (Å²) in [4.78, 5) is 45.8. The highest BCUT2D eigenvalue weighted by atomic mass is 19.4. The molecule has 1 aliphatic carbocycles. The molecule has 0 bridgehead atoms. The third kappa shape index (κ3) is 7.74. The van der Waals surface area contributed by atoms with Crippen LogP contribution in [0.3, 0.4) is 0 Å². The molecule has 1 N–H and O–H groups in total. The van der Waals surface area contributed by atoms with Crippen LogP contribution in [0.4, 0.5) is 28.9 Å². The molecule has 6 aliphatic rings. The number of benzene rings is 3. The first-order valence-electron chi connectivity index (χ1n) is 23.8. The van der Waals surface area contributed by atoms with Gasteiger partial charge in [0.05, 0.1) is 34.6 Å². The van der Waals surface area contributed by atoms with Gasteiger partial charge < -0.3 is 24.2 Å². The number of piperidine rings is 3. The summed E-state index contributed by atoms with van der Waals surface area (Å²) in [5, 5.41) is 15.6. The van der Waals surface area contributed by atoms with Gasteiger partial charge in [0, 0.05) is 86.3 Å². The molecule has 1 unspecified atom stereocenters. The molecule has 17 heteroatoms. The lowest BCUT2D eigenvalue weighted by Gasteiger charge is -2.55. The molecule has 11 rings (SSSR count). The Morgan fingerprint density at radius 3 is 2.37 bits per heavy atom. The number of aryl methyl sites for hydroxylation is 2. The third-order valence-corrected chi connectivity index (χ3v) is 16.2. The predicted octanol–water partition coefficient (Wildman–Crippen LogP) is 7.11. The SMILES string of the molecule is Cc1cc(N2CCC(CN3CCC4(CC3)CN(c3cc(C(F)(F)F)c5cn(-c6cccc([C@]7(Cc8nncn8C)C[C@@H](C)C7)c6)nc5c3)C4)CC2)c(F)c2c1C(=O)N(C1CCC(=O)NC1=O)C2. The molecule has 4 saturated heterocycles. The van der Waals surface area contributed by atoms with Crippen LogP contribution in [0.1, 0.15) is 96.7 Å². The maximum absolute atomic E-state index is 16.2. The van der Waals surface area contributed by atoms with Gasteiger partial charge in [-0.25, -0.2) is 9.07 Å². The van der Waals surface area contributed by atoms with Crippen molar-refractivity contribution in [3.63, 3.8) is 0 Å². The Balaban J connectivity index is 0.712. The van der Waals surface area contributed by atoms with Gasteiger partial charge in [-0.15, -0.1) is 10.2 Å². The summed E-state index contributed by atoms with van der Waals surface area (Å²) in [6.07, 6.45) is 5.53. The number of aromatic nitrogens is 5. The summed E-state index contributed by atoms with van der Waals surface area (Å²) in [6.45, 7) is 9.67. The Morgan fingerprint density at radius 2 is 1.69 bits per heavy atom. The van der Waals surface area contributed by atoms with Gasteiger partial charge in [0.15, 0.2) is 5.82 Å². The quantitative estimate of drug-likeness (QED) is 0.122. The van der Waals surface area contributed by atoms with Gasteiger partial charge in [0.2, 0.25) is 11.8 Å². The van der Waals surface area contributed by atoms with E-state index in [-0.39, 0.29) is 47.4 Å². The lowest BCUT2D eigenvalue weighted by molar-refractivity contribution is -0.137. The van der Waals surface area contributed by atoms with Gasteiger partial charge in [0.25, 0.3) is 5.91 Å². The third-order valence-electron chi connectivity index (χ3n) is 16.2. The van der Waals surface area contributed by atoms with E-state index in [9.17, 15) is 27.6 Å². The molecule has 0 radical (unpaired) electrons. The number of hydrogen-bond donors (Lipinski definition) is 1. The van der Waals surface area contributed by atoms with Crippen molar-refractivity contribution >= 4 is 40.0 Å². The smallest absolute Gasteiger partial charge is 0.370 e. The summed E-state index contributed by atoms with van der Waals surface area (Å²) >= 11 is 0. The molecule has 3 amide bonds. The number of imide groups is 1. The van der Waals surface area contributed by atoms with Crippen LogP contribution in [0, 0.1) is 30.0 Å². The van der Waals surface area contributed by atoms with Gasteiger partial charge in [-0.05, 0) is 118 Å². The average molecular weight is 921 g/mol. The zero-order valence-electron chi connectivity index (χ0n) is 38.2. The van der Waals surface area contributed by atoms with Crippen LogP contribution in [-0.4, -0.2) is 104 Å². The van der Waals surface area contributed by atoms with E-state index in [1.165, 1.54) is 17.2 Å². The van der Waals surface area contributed by atoms with Gasteiger partial charge in [-0.2, -0.15) is 18.3 Å². The second-order valence-corrected chi connectivity index (χ2v) is 20.7. The fourth-order valence-corrected chi connectivity index (χ4v) is 12.5. The van der Waals surface area contributed by atoms with E-state index in [2.05, 4.69) is 49.3 Å². The summed E-state index contributed by atoms with van der Waals surface area (Å²) in [6, 6.07) is 12.1. The van der Waals surface area contributed by atoms with Gasteiger partial charge in [-0.3, -0.25) is 19.7 Å². The van der Waals surface area contributed by atoms with Gasteiger partial charge in [-0.1, -0.05) is 19.1 Å². The second-order valence-electron chi connectivity index (χ2n) is 20.7. The number of halogens is 4. The van der Waals surface area contributed by atoms with Gasteiger partial charge >= 0.3 is 6.18 Å². The van der Waals surface area contributed by atoms with Crippen molar-refractivity contribution < 1.29 is 31.9 Å². The van der Waals surface area contributed by atoms with Crippen LogP contribution in [0.15, 0.2) is 55.0 Å². The standard InChI is InChI=1S/C50H56F4N10O3/c1-30-21-49(22-30,23-42-57-55-29-59(42)3)33-5-4-6-34(18-33)64-26-36-38(50(52,53)54)19-35(20-39(36)58-64)62-27-48(28-62)11-15-60(16-12-48)24-32-9-13-61(14-10-32)41-17-31(2)44-37(45(41)51)25-63(47(44)67)40-7-8-43(65)56-46(40)66/h4-6,17-20,26,29-30,32,40H,7-16,21-25,27-28H2,1-3H3,(H,56,65,66)/t30-,40?,49-. The zero-order valence-corrected chi connectivity index (χ0v) is 38.2. The maximum Gasteiger partial charge on any atom is 0.417 e. The van der Waals surface area contributed by atoms with Crippen molar-refractivity contribution in [3.05, 3.63) is 94.4 Å². The van der Waals surface area contributed by atoms with Gasteiger partial charge in [0.1, 0.15) is 18.2 Å². The van der Waals surface area contributed by atoms with Crippen molar-refractivity contribution in [1.29, 1.82) is 0 Å². The van der Waals surface area contributed by atoms with Crippen molar-refractivity contribution in [2.75, 3.05) is 55.6 Å². The zero-order chi connectivity index (χ0) is 46.6. The van der Waals surface area contributed by atoms with E-state index in [1.807, 2.05) is 36.7 Å². The number of rotatable bonds is 9. The molecule has 5 fully saturated rings. The van der Waals surface area contributed by atoms with Crippen LogP contribution in [0.2, 0.25) is 0 Å². The molecule has 2 aromatic heterocycles. The highest BCUT2D eigenvalue weighted by molar-refractivity contribution is 6.06. The summed E-state index contributed by atoms with van der Waals surface area (Å²) in [7, 11) is 1.94. The molecule has 5 aromatic rings. The Kier molecular flexibility index (Phi) is 10.5. The normalized spacial score (nSPS) is 24.6. The molecular weight excluding hydrogens is 865 g/mol. The van der Waals surface area contributed by atoms with E-state index < -0.39 is 29.5 Å². The van der Waals surface area contributed by atoms with E-state index >= 15 is 4.39 Å². The fourth-order valence-electron chi connectivity index (χ4n) is 12.5. The molecule has 67 heavy (non-hydrogen) atoms. The molecular formula is C50H56F4N10O3. The molecule has 13 nitrogen and oxygen atoms in total. The second kappa shape index (κ2) is 16.2. The van der Waals surface area contributed by atoms with Crippen LogP contribution in [-0.2, 0) is 41.2 Å². The van der Waals surface area contributed by atoms with Crippen molar-refractivity contribution in [3.8, 4) is 5.69 Å². The van der Waals surface area contributed by atoms with Crippen LogP contribution in [0.25, 0.3) is 16.6 Å². The van der Waals surface area contributed by atoms with Crippen molar-refractivity contribution in [1.82, 2.24) is 39.7 Å². The number of likely N-dealkylation sites (tertiary alicyclic amines) is 1. The number of hydrogen-bond acceptors (Lipinski definition) is 9. The molecule has 1 saturated carbocycles. The fraction of sp³-hybridized carbons (Fsp3) is 0.520. The Morgan fingerprint density at radius 1 is 0.925 bits per heavy atom. The highest BCUT2D eigenvalue weighted by Crippen LogP contribution is 2.50. The maximum atomic E-state index is 16.2. The Labute approximate surface area is 386 Å². The topological polar surface area (TPSA) is 125 Å². The molecule has 1 atom stereocenters. The van der Waals surface area contributed by atoms with Crippen LogP contribution >= 0.6 is 0 Å². The van der Waals surface area contributed by atoms with E-state index in [1.54, 1.807) is 17.1 Å². The summed E-state index contributed by atoms with van der Waals surface area (Å²) in [5.41, 5.74) is 3.81. The van der Waals surface area contributed by atoms with E-state index in [4.69, 9.17) is 5.10 Å². The first-order chi connectivity index (χ1) is 32.0. The lowest BCUT2D eigenvalue weighted by atomic mass is 9.57. The first-order valence-corrected chi connectivity index (χ1v) is 23.8. The number of nitrogens with zero attached hydrogens (tertiary/aromatic N) is 9. The minimum Gasteiger partial charge on any atom is -0.370 e. The number of nitrogens with one attached hydrogen (secondary N) is 1. The number of anilines is 2. The molecule has 1 spiro atoms. The minimum absolute atomic E-state index is 0.00396. The number of carbonyl (C=O) groups excluding carboxylic acids is 3. The van der Waals surface area contributed by atoms with Crippen LogP contribution in [0.5, 0.6) is 0 Å². The molecule has 352 valence electrons. The minimum atomic E-state index is -4.55. The van der Waals surface area contributed by atoms with E-state index in [0.29, 0.717) is 71.6 Å². The number of alkyl halides is 3. The average Bonchev–Trinajstić information content (AvgIpc) is 4.00. The van der Waals surface area contributed by atoms with Crippen LogP contribution < -0.4 is 15.1 Å². The summed E-state index contributed by atoms with van der Waals surface area (Å²) in [5.74, 6) is 0.259. The van der Waals surface area contributed by atoms with Crippen molar-refractivity contribution in [2.45, 2.75) is 95.8 Å². The van der Waals surface area contributed by atoms with Crippen molar-refractivity contribution in [2.24, 2.45) is 24.3 Å². The molecule has 7 heterocycles. The van der Waals surface area contributed by atoms with E-state index in [0.717, 1.165) is 81.7 Å². The highest BCUT2D eigenvalue weighted by Gasteiger charge is 2.47. The first kappa shape index (κ1) is 43.7. The number of fused-ring (bicyclic) bond motifs is 2.